The normalized spacial score (nSPS) is 12.0. The summed E-state index contributed by atoms with van der Waals surface area (Å²) in [6, 6.07) is 2.38. The molecule has 86 valence electrons. The van der Waals surface area contributed by atoms with E-state index < -0.39 is 0 Å². The van der Waals surface area contributed by atoms with Gasteiger partial charge in [-0.25, -0.2) is 0 Å². The van der Waals surface area contributed by atoms with Gasteiger partial charge in [-0.3, -0.25) is 0 Å². The summed E-state index contributed by atoms with van der Waals surface area (Å²) in [5, 5.41) is 0. The zero-order valence-electron chi connectivity index (χ0n) is 10.6. The molecule has 0 spiro atoms. The van der Waals surface area contributed by atoms with Gasteiger partial charge >= 0.3 is 101 Å². The summed E-state index contributed by atoms with van der Waals surface area (Å²) < 4.78 is 1.73. The summed E-state index contributed by atoms with van der Waals surface area (Å²) in [5.74, 6) is 0. The molecular weight excluding hydrogens is 247 g/mol. The first-order valence-electron chi connectivity index (χ1n) is 6.12. The van der Waals surface area contributed by atoms with Gasteiger partial charge in [-0.15, -0.1) is 0 Å². The molecule has 0 nitrogen and oxygen atoms in total. The van der Waals surface area contributed by atoms with E-state index in [1.165, 1.54) is 32.1 Å². The van der Waals surface area contributed by atoms with Gasteiger partial charge in [0.2, 0.25) is 0 Å². The van der Waals surface area contributed by atoms with Crippen molar-refractivity contribution in [3.05, 3.63) is 21.0 Å². The number of aryl methyl sites for hydroxylation is 1. The molecule has 1 rings (SSSR count). The van der Waals surface area contributed by atoms with Gasteiger partial charge in [0.1, 0.15) is 0 Å². The number of hydrogen-bond donors (Lipinski definition) is 0. The Bertz CT molecular complexity index is 278. The van der Waals surface area contributed by atoms with Gasteiger partial charge in [-0.05, 0) is 0 Å². The zero-order chi connectivity index (χ0) is 11.3. The van der Waals surface area contributed by atoms with E-state index >= 15 is 0 Å². The van der Waals surface area contributed by atoms with Crippen molar-refractivity contribution in [1.29, 1.82) is 0 Å². The molecule has 0 N–H and O–H groups in total. The minimum absolute atomic E-state index is 0.392. The topological polar surface area (TPSA) is 0 Å². The Labute approximate surface area is 101 Å². The summed E-state index contributed by atoms with van der Waals surface area (Å²) in [7, 11) is 0. The number of hydrogen-bond acceptors (Lipinski definition) is 0. The maximum atomic E-state index is 2.39. The van der Waals surface area contributed by atoms with Gasteiger partial charge in [-0.1, -0.05) is 0 Å². The second-order valence-corrected chi connectivity index (χ2v) is 7.26. The van der Waals surface area contributed by atoms with Gasteiger partial charge in [0.25, 0.3) is 0 Å². The van der Waals surface area contributed by atoms with Crippen LogP contribution in [0.3, 0.4) is 0 Å². The molecule has 1 heteroatoms. The Morgan fingerprint density at radius 1 is 1.13 bits per heavy atom. The molecule has 1 aromatic rings. The van der Waals surface area contributed by atoms with Crippen LogP contribution in [0, 0.1) is 0 Å². The van der Waals surface area contributed by atoms with Crippen molar-refractivity contribution in [2.45, 2.75) is 65.2 Å². The van der Waals surface area contributed by atoms with E-state index in [2.05, 4.69) is 38.7 Å². The van der Waals surface area contributed by atoms with Crippen LogP contribution in [0.2, 0.25) is 0 Å². The van der Waals surface area contributed by atoms with Crippen molar-refractivity contribution in [3.8, 4) is 0 Å². The van der Waals surface area contributed by atoms with Crippen molar-refractivity contribution in [3.63, 3.8) is 0 Å². The fourth-order valence-electron chi connectivity index (χ4n) is 1.93. The van der Waals surface area contributed by atoms with E-state index in [-0.39, 0.29) is 0 Å². The SMILES string of the molecule is CCCCCCc1cc[se]c1C(C)(C)C. The summed E-state index contributed by atoms with van der Waals surface area (Å²) in [6.45, 7) is 9.33. The third-order valence-electron chi connectivity index (χ3n) is 2.73. The molecule has 0 bridgehead atoms. The van der Waals surface area contributed by atoms with Gasteiger partial charge in [0.15, 0.2) is 0 Å². The van der Waals surface area contributed by atoms with E-state index in [4.69, 9.17) is 0 Å². The Morgan fingerprint density at radius 2 is 1.87 bits per heavy atom. The molecule has 15 heavy (non-hydrogen) atoms. The van der Waals surface area contributed by atoms with Gasteiger partial charge in [-0.2, -0.15) is 0 Å². The Kier molecular flexibility index (Phi) is 5.15. The average molecular weight is 271 g/mol. The molecule has 0 fully saturated rings. The van der Waals surface area contributed by atoms with E-state index in [0.717, 1.165) is 0 Å². The number of rotatable bonds is 5. The van der Waals surface area contributed by atoms with Crippen LogP contribution in [0.15, 0.2) is 11.0 Å². The van der Waals surface area contributed by atoms with Crippen molar-refractivity contribution in [2.75, 3.05) is 0 Å². The first-order chi connectivity index (χ1) is 7.05. The van der Waals surface area contributed by atoms with Crippen LogP contribution >= 0.6 is 0 Å². The first kappa shape index (κ1) is 13.1. The third-order valence-corrected chi connectivity index (χ3v) is 5.63. The monoisotopic (exact) mass is 272 g/mol. The molecule has 0 aliphatic rings. The Morgan fingerprint density at radius 3 is 2.47 bits per heavy atom. The summed E-state index contributed by atoms with van der Waals surface area (Å²) in [6.07, 6.45) is 6.82. The van der Waals surface area contributed by atoms with Crippen LogP contribution < -0.4 is 0 Å². The standard InChI is InChI=1S/C14H24Se/c1-5-6-7-8-9-12-10-11-15-13(12)14(2,3)4/h10-11H,5-9H2,1-4H3. The van der Waals surface area contributed by atoms with Crippen molar-refractivity contribution in [2.24, 2.45) is 0 Å². The molecule has 0 unspecified atom stereocenters. The van der Waals surface area contributed by atoms with Crippen LogP contribution in [0.4, 0.5) is 0 Å². The molecule has 1 aromatic heterocycles. The van der Waals surface area contributed by atoms with Crippen molar-refractivity contribution >= 4 is 14.5 Å². The molecule has 1 heterocycles. The fraction of sp³-hybridized carbons (Fsp3) is 0.714. The first-order valence-corrected chi connectivity index (χ1v) is 7.97. The molecule has 0 amide bonds. The summed E-state index contributed by atoms with van der Waals surface area (Å²) in [5.41, 5.74) is 2.04. The molecule has 0 atom stereocenters. The van der Waals surface area contributed by atoms with Crippen molar-refractivity contribution < 1.29 is 0 Å². The van der Waals surface area contributed by atoms with E-state index in [1.54, 1.807) is 10.0 Å². The molecule has 0 aromatic carbocycles. The van der Waals surface area contributed by atoms with Gasteiger partial charge in [0, 0.05) is 0 Å². The minimum atomic E-state index is 0.392. The van der Waals surface area contributed by atoms with Gasteiger partial charge in [0.05, 0.1) is 0 Å². The predicted molar refractivity (Wildman–Crippen MR) is 69.9 cm³/mol. The average Bonchev–Trinajstić information content (AvgIpc) is 2.59. The van der Waals surface area contributed by atoms with Crippen LogP contribution in [-0.2, 0) is 11.8 Å². The fourth-order valence-corrected chi connectivity index (χ4v) is 4.12. The second-order valence-electron chi connectivity index (χ2n) is 5.34. The Hall–Kier alpha value is -0.000519. The van der Waals surface area contributed by atoms with Crippen LogP contribution in [0.25, 0.3) is 0 Å². The van der Waals surface area contributed by atoms with E-state index in [1.807, 2.05) is 0 Å². The second kappa shape index (κ2) is 5.91. The predicted octanol–water partition coefficient (Wildman–Crippen LogP) is 4.16. The van der Waals surface area contributed by atoms with Crippen LogP contribution in [0.5, 0.6) is 0 Å². The van der Waals surface area contributed by atoms with Gasteiger partial charge < -0.3 is 0 Å². The molecule has 0 radical (unpaired) electrons. The third kappa shape index (κ3) is 4.16. The van der Waals surface area contributed by atoms with E-state index in [0.29, 0.717) is 19.9 Å². The molecule has 0 aliphatic heterocycles. The molecular formula is C14H24Se. The zero-order valence-corrected chi connectivity index (χ0v) is 12.3. The summed E-state index contributed by atoms with van der Waals surface area (Å²) >= 11 is 0.637. The molecule has 0 saturated carbocycles. The quantitative estimate of drug-likeness (QED) is 0.557. The maximum absolute atomic E-state index is 2.39. The van der Waals surface area contributed by atoms with Crippen LogP contribution in [-0.4, -0.2) is 14.5 Å². The molecule has 0 aliphatic carbocycles. The number of unbranched alkanes of at least 4 members (excludes halogenated alkanes) is 3. The summed E-state index contributed by atoms with van der Waals surface area (Å²) in [4.78, 5) is 2.39. The van der Waals surface area contributed by atoms with E-state index in [9.17, 15) is 0 Å². The van der Waals surface area contributed by atoms with Crippen molar-refractivity contribution in [1.82, 2.24) is 0 Å². The van der Waals surface area contributed by atoms with Crippen LogP contribution in [0.1, 0.15) is 63.4 Å². The Balaban J connectivity index is 2.51. The molecule has 0 saturated heterocycles.